The van der Waals surface area contributed by atoms with Gasteiger partial charge in [-0.05, 0) is 31.6 Å². The van der Waals surface area contributed by atoms with Gasteiger partial charge in [0, 0.05) is 0 Å². The molecule has 2 heteroatoms. The largest absolute Gasteiger partial charge is 0.322 e. The predicted octanol–water partition coefficient (Wildman–Crippen LogP) is 1.97. The van der Waals surface area contributed by atoms with E-state index in [0.717, 1.165) is 12.8 Å². The summed E-state index contributed by atoms with van der Waals surface area (Å²) in [5, 5.41) is 0. The highest BCUT2D eigenvalue weighted by molar-refractivity contribution is 5.80. The van der Waals surface area contributed by atoms with Crippen LogP contribution in [0, 0.1) is 11.8 Å². The van der Waals surface area contributed by atoms with Gasteiger partial charge in [-0.25, -0.2) is 0 Å². The molecule has 0 aromatic carbocycles. The van der Waals surface area contributed by atoms with Gasteiger partial charge in [-0.3, -0.25) is 4.79 Å². The van der Waals surface area contributed by atoms with Crippen LogP contribution >= 0.6 is 0 Å². The van der Waals surface area contributed by atoms with Crippen molar-refractivity contribution in [2.24, 2.45) is 17.6 Å². The Labute approximate surface area is 75.5 Å². The smallest absolute Gasteiger partial charge is 0.146 e. The molecule has 0 bridgehead atoms. The van der Waals surface area contributed by atoms with Crippen LogP contribution < -0.4 is 5.73 Å². The Balaban J connectivity index is 3.61. The minimum absolute atomic E-state index is 0.103. The molecule has 72 valence electrons. The fourth-order valence-electron chi connectivity index (χ4n) is 0.979. The highest BCUT2D eigenvalue weighted by atomic mass is 16.1. The van der Waals surface area contributed by atoms with Gasteiger partial charge < -0.3 is 5.73 Å². The first-order valence-electron chi connectivity index (χ1n) is 4.71. The Hall–Kier alpha value is -0.370. The molecule has 2 N–H and O–H groups in total. The third-order valence-electron chi connectivity index (χ3n) is 2.59. The third-order valence-corrected chi connectivity index (χ3v) is 2.59. The van der Waals surface area contributed by atoms with Gasteiger partial charge in [0.05, 0.1) is 6.04 Å². The van der Waals surface area contributed by atoms with Crippen molar-refractivity contribution in [3.05, 3.63) is 0 Å². The van der Waals surface area contributed by atoms with Crippen LogP contribution in [-0.4, -0.2) is 11.8 Å². The first kappa shape index (κ1) is 11.6. The van der Waals surface area contributed by atoms with Gasteiger partial charge in [0.25, 0.3) is 0 Å². The Kier molecular flexibility index (Phi) is 5.14. The van der Waals surface area contributed by atoms with E-state index in [0.29, 0.717) is 11.8 Å². The van der Waals surface area contributed by atoms with Crippen molar-refractivity contribution >= 4 is 5.78 Å². The van der Waals surface area contributed by atoms with E-state index < -0.39 is 0 Å². The summed E-state index contributed by atoms with van der Waals surface area (Å²) in [5.74, 6) is 1.45. The van der Waals surface area contributed by atoms with Crippen LogP contribution in [0.2, 0.25) is 0 Å². The second-order valence-corrected chi connectivity index (χ2v) is 4.02. The number of carbonyl (C=O) groups is 1. The molecule has 0 aliphatic rings. The molecule has 0 heterocycles. The van der Waals surface area contributed by atoms with Crippen molar-refractivity contribution in [1.29, 1.82) is 0 Å². The molecule has 0 aromatic heterocycles. The second-order valence-electron chi connectivity index (χ2n) is 4.02. The molecule has 0 aliphatic heterocycles. The number of hydrogen-bond donors (Lipinski definition) is 1. The average Bonchev–Trinajstić information content (AvgIpc) is 1.98. The van der Waals surface area contributed by atoms with Crippen molar-refractivity contribution in [2.75, 3.05) is 0 Å². The third kappa shape index (κ3) is 4.50. The zero-order valence-electron chi connectivity index (χ0n) is 8.63. The molecule has 2 nitrogen and oxygen atoms in total. The van der Waals surface area contributed by atoms with Crippen LogP contribution in [0.3, 0.4) is 0 Å². The summed E-state index contributed by atoms with van der Waals surface area (Å²) in [7, 11) is 0. The highest BCUT2D eigenvalue weighted by Crippen LogP contribution is 2.16. The maximum atomic E-state index is 10.8. The van der Waals surface area contributed by atoms with E-state index in [1.54, 1.807) is 6.92 Å². The van der Waals surface area contributed by atoms with Gasteiger partial charge in [0.2, 0.25) is 0 Å². The first-order valence-corrected chi connectivity index (χ1v) is 4.71. The van der Waals surface area contributed by atoms with Crippen LogP contribution in [0.25, 0.3) is 0 Å². The number of ketones is 1. The number of nitrogens with two attached hydrogens (primary N) is 1. The van der Waals surface area contributed by atoms with Gasteiger partial charge in [-0.2, -0.15) is 0 Å². The maximum absolute atomic E-state index is 10.8. The number of rotatable bonds is 5. The second kappa shape index (κ2) is 5.31. The van der Waals surface area contributed by atoms with E-state index in [-0.39, 0.29) is 11.8 Å². The van der Waals surface area contributed by atoms with Gasteiger partial charge in [-0.1, -0.05) is 20.8 Å². The molecule has 2 atom stereocenters. The first-order chi connectivity index (χ1) is 5.45. The molecule has 0 rings (SSSR count). The number of hydrogen-bond acceptors (Lipinski definition) is 2. The van der Waals surface area contributed by atoms with Crippen molar-refractivity contribution < 1.29 is 4.79 Å². The summed E-state index contributed by atoms with van der Waals surface area (Å²) in [6.07, 6.45) is 1.88. The Morgan fingerprint density at radius 2 is 1.75 bits per heavy atom. The van der Waals surface area contributed by atoms with Crippen molar-refractivity contribution in [3.63, 3.8) is 0 Å². The average molecular weight is 171 g/mol. The molecule has 2 unspecified atom stereocenters. The van der Waals surface area contributed by atoms with E-state index in [1.165, 1.54) is 0 Å². The molecule has 0 saturated heterocycles. The molecular formula is C10H21NO. The summed E-state index contributed by atoms with van der Waals surface area (Å²) in [6.45, 7) is 8.16. The van der Waals surface area contributed by atoms with Gasteiger partial charge >= 0.3 is 0 Å². The van der Waals surface area contributed by atoms with E-state index in [1.807, 2.05) is 0 Å². The lowest BCUT2D eigenvalue weighted by molar-refractivity contribution is -0.118. The zero-order chi connectivity index (χ0) is 9.72. The lowest BCUT2D eigenvalue weighted by atomic mass is 9.91. The molecule has 0 radical (unpaired) electrons. The molecule has 0 amide bonds. The molecule has 0 aliphatic carbocycles. The minimum atomic E-state index is -0.244. The quantitative estimate of drug-likeness (QED) is 0.687. The van der Waals surface area contributed by atoms with Crippen LogP contribution in [0.15, 0.2) is 0 Å². The van der Waals surface area contributed by atoms with Gasteiger partial charge in [0.15, 0.2) is 0 Å². The summed E-state index contributed by atoms with van der Waals surface area (Å²) in [5.41, 5.74) is 5.62. The Bertz CT molecular complexity index is 143. The van der Waals surface area contributed by atoms with E-state index in [2.05, 4.69) is 20.8 Å². The maximum Gasteiger partial charge on any atom is 0.146 e. The van der Waals surface area contributed by atoms with Gasteiger partial charge in [0.1, 0.15) is 5.78 Å². The summed E-state index contributed by atoms with van der Waals surface area (Å²) >= 11 is 0. The molecule has 0 spiro atoms. The lowest BCUT2D eigenvalue weighted by Gasteiger charge is -2.16. The Morgan fingerprint density at radius 1 is 1.25 bits per heavy atom. The van der Waals surface area contributed by atoms with E-state index >= 15 is 0 Å². The molecule has 12 heavy (non-hydrogen) atoms. The standard InChI is InChI=1S/C10H21NO/c1-7(2)8(3)5-6-10(11)9(4)12/h7-8,10H,5-6,11H2,1-4H3. The van der Waals surface area contributed by atoms with Crippen LogP contribution in [0.5, 0.6) is 0 Å². The molecule has 0 aromatic rings. The monoisotopic (exact) mass is 171 g/mol. The minimum Gasteiger partial charge on any atom is -0.322 e. The number of carbonyl (C=O) groups excluding carboxylic acids is 1. The summed E-state index contributed by atoms with van der Waals surface area (Å²) in [4.78, 5) is 10.8. The van der Waals surface area contributed by atoms with Crippen LogP contribution in [-0.2, 0) is 4.79 Å². The van der Waals surface area contributed by atoms with Gasteiger partial charge in [-0.15, -0.1) is 0 Å². The van der Waals surface area contributed by atoms with Crippen LogP contribution in [0.1, 0.15) is 40.5 Å². The summed E-state index contributed by atoms with van der Waals surface area (Å²) < 4.78 is 0. The zero-order valence-corrected chi connectivity index (χ0v) is 8.63. The van der Waals surface area contributed by atoms with E-state index in [9.17, 15) is 4.79 Å². The summed E-state index contributed by atoms with van der Waals surface area (Å²) in [6, 6.07) is -0.244. The van der Waals surface area contributed by atoms with Crippen LogP contribution in [0.4, 0.5) is 0 Å². The van der Waals surface area contributed by atoms with Crippen molar-refractivity contribution in [1.82, 2.24) is 0 Å². The highest BCUT2D eigenvalue weighted by Gasteiger charge is 2.12. The lowest BCUT2D eigenvalue weighted by Crippen LogP contribution is -2.28. The SMILES string of the molecule is CC(=O)C(N)CCC(C)C(C)C. The normalized spacial score (nSPS) is 16.2. The molecular weight excluding hydrogens is 150 g/mol. The fourth-order valence-corrected chi connectivity index (χ4v) is 0.979. The topological polar surface area (TPSA) is 43.1 Å². The Morgan fingerprint density at radius 3 is 2.08 bits per heavy atom. The predicted molar refractivity (Wildman–Crippen MR) is 51.9 cm³/mol. The fraction of sp³-hybridized carbons (Fsp3) is 0.900. The van der Waals surface area contributed by atoms with Crippen molar-refractivity contribution in [2.45, 2.75) is 46.6 Å². The van der Waals surface area contributed by atoms with Crippen molar-refractivity contribution in [3.8, 4) is 0 Å². The molecule has 0 fully saturated rings. The van der Waals surface area contributed by atoms with E-state index in [4.69, 9.17) is 5.73 Å². The number of Topliss-reactive ketones (excluding diaryl/α,β-unsaturated/α-hetero) is 1. The molecule has 0 saturated carbocycles.